The van der Waals surface area contributed by atoms with Crippen molar-refractivity contribution in [1.29, 1.82) is 0 Å². The molecule has 0 aromatic carbocycles. The molecule has 0 bridgehead atoms. The molecule has 1 heterocycles. The zero-order chi connectivity index (χ0) is 14.5. The summed E-state index contributed by atoms with van der Waals surface area (Å²) >= 11 is 0. The first kappa shape index (κ1) is 15.0. The van der Waals surface area contributed by atoms with E-state index in [0.29, 0.717) is 6.42 Å². The number of rotatable bonds is 4. The van der Waals surface area contributed by atoms with Crippen LogP contribution in [0.3, 0.4) is 0 Å². The second kappa shape index (κ2) is 6.88. The summed E-state index contributed by atoms with van der Waals surface area (Å²) in [5.41, 5.74) is 0. The maximum atomic E-state index is 12.2. The van der Waals surface area contributed by atoms with E-state index in [9.17, 15) is 14.9 Å². The van der Waals surface area contributed by atoms with Crippen LogP contribution in [0.4, 0.5) is 0 Å². The van der Waals surface area contributed by atoms with Gasteiger partial charge in [0, 0.05) is 5.92 Å². The number of nitrogens with one attached hydrogen (secondary N) is 1. The van der Waals surface area contributed by atoms with E-state index in [4.69, 9.17) is 4.84 Å². The van der Waals surface area contributed by atoms with Crippen molar-refractivity contribution in [3.63, 3.8) is 0 Å². The number of likely N-dealkylation sites (tertiary alicyclic amines) is 1. The van der Waals surface area contributed by atoms with E-state index in [-0.39, 0.29) is 17.9 Å². The first-order chi connectivity index (χ1) is 9.56. The molecule has 0 aromatic heterocycles. The fourth-order valence-corrected chi connectivity index (χ4v) is 3.07. The highest BCUT2D eigenvalue weighted by Gasteiger charge is 2.32. The van der Waals surface area contributed by atoms with Gasteiger partial charge in [-0.25, -0.2) is 0 Å². The average Bonchev–Trinajstić information content (AvgIpc) is 2.41. The zero-order valence-electron chi connectivity index (χ0n) is 11.9. The van der Waals surface area contributed by atoms with Gasteiger partial charge < -0.3 is 15.1 Å². The Balaban J connectivity index is 1.86. The van der Waals surface area contributed by atoms with Crippen LogP contribution < -0.4 is 5.32 Å². The molecule has 1 aliphatic carbocycles. The zero-order valence-corrected chi connectivity index (χ0v) is 11.9. The van der Waals surface area contributed by atoms with Crippen molar-refractivity contribution >= 4 is 5.91 Å². The molecule has 1 aliphatic heterocycles. The quantitative estimate of drug-likeness (QED) is 0.614. The molecule has 2 atom stereocenters. The van der Waals surface area contributed by atoms with Crippen molar-refractivity contribution in [3.05, 3.63) is 10.1 Å². The van der Waals surface area contributed by atoms with Crippen molar-refractivity contribution in [1.82, 2.24) is 10.2 Å². The number of carbonyl (C=O) groups excluding carboxylic acids is 1. The standard InChI is InChI=1S/C13H23N3O4/c1-15-8-6-10(7-9-15)13(17)14-11-4-2-3-5-12(11)20-16(18)19/h10-12H,2-9H2,1H3,(H,14,17). The van der Waals surface area contributed by atoms with Gasteiger partial charge in [0.2, 0.25) is 5.91 Å². The normalized spacial score (nSPS) is 28.9. The third kappa shape index (κ3) is 4.06. The number of hydrogen-bond acceptors (Lipinski definition) is 5. The van der Waals surface area contributed by atoms with Crippen LogP contribution in [0.25, 0.3) is 0 Å². The van der Waals surface area contributed by atoms with Gasteiger partial charge in [-0.15, -0.1) is 10.1 Å². The van der Waals surface area contributed by atoms with Crippen molar-refractivity contribution in [2.45, 2.75) is 50.7 Å². The summed E-state index contributed by atoms with van der Waals surface area (Å²) in [4.78, 5) is 29.7. The lowest BCUT2D eigenvalue weighted by atomic mass is 9.90. The SMILES string of the molecule is CN1CCC(C(=O)NC2CCCCC2O[N+](=O)[O-])CC1. The summed E-state index contributed by atoms with van der Waals surface area (Å²) < 4.78 is 0. The van der Waals surface area contributed by atoms with Crippen molar-refractivity contribution in [2.24, 2.45) is 5.92 Å². The van der Waals surface area contributed by atoms with Crippen LogP contribution in [0, 0.1) is 16.0 Å². The molecule has 20 heavy (non-hydrogen) atoms. The topological polar surface area (TPSA) is 84.7 Å². The summed E-state index contributed by atoms with van der Waals surface area (Å²) in [6.45, 7) is 1.86. The lowest BCUT2D eigenvalue weighted by molar-refractivity contribution is -0.770. The molecule has 1 N–H and O–H groups in total. The maximum absolute atomic E-state index is 12.2. The van der Waals surface area contributed by atoms with E-state index in [1.54, 1.807) is 0 Å². The molecule has 1 amide bonds. The van der Waals surface area contributed by atoms with Crippen LogP contribution >= 0.6 is 0 Å². The molecule has 2 fully saturated rings. The van der Waals surface area contributed by atoms with Crippen LogP contribution in [-0.2, 0) is 9.63 Å². The van der Waals surface area contributed by atoms with E-state index in [1.807, 2.05) is 0 Å². The molecule has 7 heteroatoms. The fourth-order valence-electron chi connectivity index (χ4n) is 3.07. The summed E-state index contributed by atoms with van der Waals surface area (Å²) in [5.74, 6) is 0.0614. The second-order valence-corrected chi connectivity index (χ2v) is 5.84. The smallest absolute Gasteiger partial charge is 0.294 e. The van der Waals surface area contributed by atoms with Crippen molar-refractivity contribution in [2.75, 3.05) is 20.1 Å². The van der Waals surface area contributed by atoms with Gasteiger partial charge in [0.05, 0.1) is 6.04 Å². The maximum Gasteiger partial charge on any atom is 0.294 e. The van der Waals surface area contributed by atoms with Crippen LogP contribution in [0.1, 0.15) is 38.5 Å². The van der Waals surface area contributed by atoms with Gasteiger partial charge in [-0.05, 0) is 45.8 Å². The Kier molecular flexibility index (Phi) is 5.17. The number of hydrogen-bond donors (Lipinski definition) is 1. The van der Waals surface area contributed by atoms with Crippen LogP contribution in [0.5, 0.6) is 0 Å². The van der Waals surface area contributed by atoms with Gasteiger partial charge in [-0.3, -0.25) is 4.79 Å². The summed E-state index contributed by atoms with van der Waals surface area (Å²) in [7, 11) is 2.05. The Morgan fingerprint density at radius 2 is 1.90 bits per heavy atom. The molecule has 0 spiro atoms. The van der Waals surface area contributed by atoms with Gasteiger partial charge in [0.15, 0.2) is 0 Å². The van der Waals surface area contributed by atoms with Crippen molar-refractivity contribution < 1.29 is 14.7 Å². The Morgan fingerprint density at radius 1 is 1.25 bits per heavy atom. The number of carbonyl (C=O) groups is 1. The molecule has 1 saturated carbocycles. The van der Waals surface area contributed by atoms with Gasteiger partial charge >= 0.3 is 0 Å². The number of piperidine rings is 1. The van der Waals surface area contributed by atoms with Crippen LogP contribution in [-0.4, -0.2) is 48.2 Å². The molecule has 0 radical (unpaired) electrons. The first-order valence-corrected chi connectivity index (χ1v) is 7.36. The average molecular weight is 285 g/mol. The largest absolute Gasteiger partial charge is 0.351 e. The lowest BCUT2D eigenvalue weighted by Gasteiger charge is -2.33. The lowest BCUT2D eigenvalue weighted by Crippen LogP contribution is -2.50. The molecule has 2 rings (SSSR count). The van der Waals surface area contributed by atoms with Gasteiger partial charge in [-0.1, -0.05) is 12.8 Å². The van der Waals surface area contributed by atoms with Gasteiger partial charge in [0.1, 0.15) is 6.10 Å². The number of amides is 1. The van der Waals surface area contributed by atoms with Crippen molar-refractivity contribution in [3.8, 4) is 0 Å². The molecule has 1 saturated heterocycles. The predicted molar refractivity (Wildman–Crippen MR) is 72.5 cm³/mol. The second-order valence-electron chi connectivity index (χ2n) is 5.84. The summed E-state index contributed by atoms with van der Waals surface area (Å²) in [5, 5.41) is 12.7. The molecular formula is C13H23N3O4. The molecular weight excluding hydrogens is 262 g/mol. The fraction of sp³-hybridized carbons (Fsp3) is 0.923. The predicted octanol–water partition coefficient (Wildman–Crippen LogP) is 0.964. The third-order valence-electron chi connectivity index (χ3n) is 4.34. The Labute approximate surface area is 118 Å². The minimum Gasteiger partial charge on any atom is -0.351 e. The highest BCUT2D eigenvalue weighted by molar-refractivity contribution is 5.79. The molecule has 0 aromatic rings. The molecule has 7 nitrogen and oxygen atoms in total. The monoisotopic (exact) mass is 285 g/mol. The minimum atomic E-state index is -0.745. The highest BCUT2D eigenvalue weighted by atomic mass is 17.0. The van der Waals surface area contributed by atoms with E-state index in [1.165, 1.54) is 0 Å². The Morgan fingerprint density at radius 3 is 2.55 bits per heavy atom. The Hall–Kier alpha value is -1.37. The Bertz CT molecular complexity index is 356. The van der Waals surface area contributed by atoms with E-state index < -0.39 is 11.2 Å². The van der Waals surface area contributed by atoms with Gasteiger partial charge in [-0.2, -0.15) is 0 Å². The molecule has 2 aliphatic rings. The van der Waals surface area contributed by atoms with E-state index in [2.05, 4.69) is 17.3 Å². The highest BCUT2D eigenvalue weighted by Crippen LogP contribution is 2.23. The summed E-state index contributed by atoms with van der Waals surface area (Å²) in [6, 6.07) is -0.221. The van der Waals surface area contributed by atoms with Crippen LogP contribution in [0.15, 0.2) is 0 Å². The van der Waals surface area contributed by atoms with E-state index in [0.717, 1.165) is 45.2 Å². The number of nitrogens with zero attached hydrogens (tertiary/aromatic N) is 2. The van der Waals surface area contributed by atoms with Crippen LogP contribution in [0.2, 0.25) is 0 Å². The minimum absolute atomic E-state index is 0.0296. The third-order valence-corrected chi connectivity index (χ3v) is 4.34. The molecule has 2 unspecified atom stereocenters. The summed E-state index contributed by atoms with van der Waals surface area (Å²) in [6.07, 6.45) is 4.52. The van der Waals surface area contributed by atoms with E-state index >= 15 is 0 Å². The van der Waals surface area contributed by atoms with Gasteiger partial charge in [0.25, 0.3) is 5.09 Å². The molecule has 114 valence electrons. The first-order valence-electron chi connectivity index (χ1n) is 7.36.